The van der Waals surface area contributed by atoms with Gasteiger partial charge in [0.15, 0.2) is 5.82 Å². The van der Waals surface area contributed by atoms with Crippen LogP contribution in [0, 0.1) is 13.8 Å². The van der Waals surface area contributed by atoms with Crippen molar-refractivity contribution in [2.45, 2.75) is 13.8 Å². The van der Waals surface area contributed by atoms with Gasteiger partial charge in [-0.2, -0.15) is 4.68 Å². The van der Waals surface area contributed by atoms with Crippen molar-refractivity contribution in [2.24, 2.45) is 0 Å². The predicted octanol–water partition coefficient (Wildman–Crippen LogP) is 4.73. The fourth-order valence-electron chi connectivity index (χ4n) is 2.92. The summed E-state index contributed by atoms with van der Waals surface area (Å²) in [6.07, 6.45) is 1.93. The summed E-state index contributed by atoms with van der Waals surface area (Å²) < 4.78 is 1.66. The number of tetrazole rings is 1. The fourth-order valence-corrected chi connectivity index (χ4v) is 3.22. The third-order valence-corrected chi connectivity index (χ3v) is 4.73. The highest BCUT2D eigenvalue weighted by Gasteiger charge is 2.16. The van der Waals surface area contributed by atoms with Crippen LogP contribution in [0.1, 0.15) is 11.1 Å². The number of fused-ring (bicyclic) bond motifs is 1. The lowest BCUT2D eigenvalue weighted by atomic mass is 10.1. The lowest BCUT2D eigenvalue weighted by Crippen LogP contribution is -1.99. The molecule has 0 fully saturated rings. The van der Waals surface area contributed by atoms with Gasteiger partial charge in [-0.25, -0.2) is 0 Å². The molecule has 0 amide bonds. The molecule has 1 N–H and O–H groups in total. The number of benzene rings is 2. The second-order valence-electron chi connectivity index (χ2n) is 5.72. The first kappa shape index (κ1) is 15.2. The minimum atomic E-state index is 0.459. The molecule has 0 aliphatic carbocycles. The Morgan fingerprint density at radius 1 is 1.04 bits per heavy atom. The number of rotatable bonds is 2. The van der Waals surface area contributed by atoms with Crippen molar-refractivity contribution in [3.63, 3.8) is 0 Å². The SMILES string of the molecule is Cc1cc(C)c2[nH]cc(-c3nnnn3-c3ccc(Cl)c(Cl)c3)c2c1. The van der Waals surface area contributed by atoms with Crippen LogP contribution < -0.4 is 0 Å². The van der Waals surface area contributed by atoms with E-state index in [1.54, 1.807) is 16.8 Å². The molecule has 0 bridgehead atoms. The Labute approximate surface area is 148 Å². The van der Waals surface area contributed by atoms with Gasteiger partial charge in [0.05, 0.1) is 15.7 Å². The van der Waals surface area contributed by atoms with Gasteiger partial charge in [-0.3, -0.25) is 0 Å². The summed E-state index contributed by atoms with van der Waals surface area (Å²) in [4.78, 5) is 3.32. The Morgan fingerprint density at radius 2 is 1.88 bits per heavy atom. The second kappa shape index (κ2) is 5.61. The molecule has 0 aliphatic rings. The van der Waals surface area contributed by atoms with Crippen LogP contribution >= 0.6 is 23.2 Å². The number of aromatic nitrogens is 5. The first-order valence-electron chi connectivity index (χ1n) is 7.37. The Kier molecular flexibility index (Phi) is 3.55. The molecule has 120 valence electrons. The molecule has 2 heterocycles. The average molecular weight is 358 g/mol. The van der Waals surface area contributed by atoms with E-state index in [2.05, 4.69) is 46.5 Å². The number of hydrogen-bond acceptors (Lipinski definition) is 3. The summed E-state index contributed by atoms with van der Waals surface area (Å²) >= 11 is 12.1. The molecule has 4 rings (SSSR count). The van der Waals surface area contributed by atoms with E-state index in [0.717, 1.165) is 22.2 Å². The Balaban J connectivity index is 1.93. The topological polar surface area (TPSA) is 59.4 Å². The molecule has 7 heteroatoms. The van der Waals surface area contributed by atoms with E-state index in [9.17, 15) is 0 Å². The first-order chi connectivity index (χ1) is 11.5. The van der Waals surface area contributed by atoms with E-state index in [-0.39, 0.29) is 0 Å². The van der Waals surface area contributed by atoms with E-state index in [1.165, 1.54) is 11.1 Å². The highest BCUT2D eigenvalue weighted by molar-refractivity contribution is 6.42. The lowest BCUT2D eigenvalue weighted by Gasteiger charge is -2.06. The zero-order valence-electron chi connectivity index (χ0n) is 13.0. The number of aryl methyl sites for hydroxylation is 2. The van der Waals surface area contributed by atoms with Crippen molar-refractivity contribution >= 4 is 34.1 Å². The van der Waals surface area contributed by atoms with Gasteiger partial charge in [0.1, 0.15) is 0 Å². The predicted molar refractivity (Wildman–Crippen MR) is 95.9 cm³/mol. The van der Waals surface area contributed by atoms with E-state index >= 15 is 0 Å². The molecule has 0 spiro atoms. The molecule has 0 unspecified atom stereocenters. The molecule has 2 aromatic carbocycles. The van der Waals surface area contributed by atoms with Gasteiger partial charge in [-0.1, -0.05) is 34.8 Å². The highest BCUT2D eigenvalue weighted by atomic mass is 35.5. The number of halogens is 2. The van der Waals surface area contributed by atoms with Crippen molar-refractivity contribution in [3.05, 3.63) is 57.7 Å². The molecule has 4 aromatic rings. The summed E-state index contributed by atoms with van der Waals surface area (Å²) in [6, 6.07) is 9.58. The van der Waals surface area contributed by atoms with Gasteiger partial charge in [0, 0.05) is 22.7 Å². The third kappa shape index (κ3) is 2.37. The van der Waals surface area contributed by atoms with Crippen LogP contribution in [0.15, 0.2) is 36.5 Å². The fraction of sp³-hybridized carbons (Fsp3) is 0.118. The number of nitrogens with zero attached hydrogens (tertiary/aromatic N) is 4. The van der Waals surface area contributed by atoms with Crippen LogP contribution in [0.2, 0.25) is 10.0 Å². The smallest absolute Gasteiger partial charge is 0.189 e. The van der Waals surface area contributed by atoms with Crippen LogP contribution in [-0.2, 0) is 0 Å². The van der Waals surface area contributed by atoms with Gasteiger partial charge in [0.25, 0.3) is 0 Å². The molecule has 5 nitrogen and oxygen atoms in total. The van der Waals surface area contributed by atoms with E-state index in [4.69, 9.17) is 23.2 Å². The minimum Gasteiger partial charge on any atom is -0.360 e. The molecular weight excluding hydrogens is 345 g/mol. The van der Waals surface area contributed by atoms with Crippen LogP contribution in [0.4, 0.5) is 0 Å². The zero-order valence-corrected chi connectivity index (χ0v) is 14.5. The second-order valence-corrected chi connectivity index (χ2v) is 6.53. The van der Waals surface area contributed by atoms with Crippen molar-refractivity contribution in [1.82, 2.24) is 25.2 Å². The van der Waals surface area contributed by atoms with Crippen LogP contribution in [-0.4, -0.2) is 25.2 Å². The number of aromatic amines is 1. The van der Waals surface area contributed by atoms with Crippen LogP contribution in [0.3, 0.4) is 0 Å². The molecule has 0 aliphatic heterocycles. The Bertz CT molecular complexity index is 1060. The largest absolute Gasteiger partial charge is 0.360 e. The zero-order chi connectivity index (χ0) is 16.8. The lowest BCUT2D eigenvalue weighted by molar-refractivity contribution is 0.791. The molecule has 0 atom stereocenters. The van der Waals surface area contributed by atoms with Crippen LogP contribution in [0.5, 0.6) is 0 Å². The first-order valence-corrected chi connectivity index (χ1v) is 8.12. The van der Waals surface area contributed by atoms with E-state index in [0.29, 0.717) is 15.9 Å². The number of hydrogen-bond donors (Lipinski definition) is 1. The van der Waals surface area contributed by atoms with Crippen molar-refractivity contribution in [2.75, 3.05) is 0 Å². The molecule has 0 saturated carbocycles. The number of H-pyrrole nitrogens is 1. The Morgan fingerprint density at radius 3 is 2.67 bits per heavy atom. The molecule has 0 saturated heterocycles. The Hall–Kier alpha value is -2.37. The normalized spacial score (nSPS) is 11.3. The maximum absolute atomic E-state index is 6.12. The van der Waals surface area contributed by atoms with E-state index < -0.39 is 0 Å². The molecule has 24 heavy (non-hydrogen) atoms. The maximum atomic E-state index is 6.12. The summed E-state index contributed by atoms with van der Waals surface area (Å²) in [5.74, 6) is 0.643. The molecule has 0 radical (unpaired) electrons. The van der Waals surface area contributed by atoms with Gasteiger partial charge in [-0.05, 0) is 54.1 Å². The van der Waals surface area contributed by atoms with Crippen LogP contribution in [0.25, 0.3) is 28.0 Å². The van der Waals surface area contributed by atoms with Gasteiger partial charge < -0.3 is 4.98 Å². The maximum Gasteiger partial charge on any atom is 0.189 e. The van der Waals surface area contributed by atoms with Crippen molar-refractivity contribution < 1.29 is 0 Å². The summed E-state index contributed by atoms with van der Waals surface area (Å²) in [5.41, 5.74) is 5.15. The number of nitrogens with one attached hydrogen (secondary N) is 1. The summed E-state index contributed by atoms with van der Waals surface area (Å²) in [5, 5.41) is 14.2. The molecule has 2 aromatic heterocycles. The van der Waals surface area contributed by atoms with Crippen molar-refractivity contribution in [3.8, 4) is 17.1 Å². The summed E-state index contributed by atoms with van der Waals surface area (Å²) in [6.45, 7) is 4.16. The van der Waals surface area contributed by atoms with Gasteiger partial charge in [0.2, 0.25) is 0 Å². The standard InChI is InChI=1S/C17H13Cl2N5/c1-9-5-10(2)16-12(6-9)13(8-20-16)17-21-22-23-24(17)11-3-4-14(18)15(19)7-11/h3-8,20H,1-2H3. The minimum absolute atomic E-state index is 0.459. The molecular formula is C17H13Cl2N5. The van der Waals surface area contributed by atoms with Crippen molar-refractivity contribution in [1.29, 1.82) is 0 Å². The monoisotopic (exact) mass is 357 g/mol. The van der Waals surface area contributed by atoms with Gasteiger partial charge in [-0.15, -0.1) is 5.10 Å². The van der Waals surface area contributed by atoms with Gasteiger partial charge >= 0.3 is 0 Å². The third-order valence-electron chi connectivity index (χ3n) is 3.99. The quantitative estimate of drug-likeness (QED) is 0.563. The highest BCUT2D eigenvalue weighted by Crippen LogP contribution is 2.32. The van der Waals surface area contributed by atoms with E-state index in [1.807, 2.05) is 12.3 Å². The summed E-state index contributed by atoms with van der Waals surface area (Å²) in [7, 11) is 0. The average Bonchev–Trinajstić information content (AvgIpc) is 3.16.